The van der Waals surface area contributed by atoms with E-state index in [1.165, 1.54) is 21.3 Å². The van der Waals surface area contributed by atoms with E-state index in [0.717, 1.165) is 16.7 Å². The Bertz CT molecular complexity index is 1190. The lowest BCUT2D eigenvalue weighted by atomic mass is 10.00. The first-order chi connectivity index (χ1) is 16.3. The van der Waals surface area contributed by atoms with Gasteiger partial charge in [0, 0.05) is 26.2 Å². The summed E-state index contributed by atoms with van der Waals surface area (Å²) in [4.78, 5) is 25.4. The number of carbonyl (C=O) groups is 2. The number of amides is 1. The monoisotopic (exact) mass is 502 g/mol. The summed E-state index contributed by atoms with van der Waals surface area (Å²) in [6, 6.07) is 10.5. The van der Waals surface area contributed by atoms with Crippen LogP contribution in [0.15, 0.2) is 41.3 Å². The van der Waals surface area contributed by atoms with Crippen molar-refractivity contribution in [3.63, 3.8) is 0 Å². The number of ether oxygens (including phenoxy) is 1. The SMILES string of the molecule is Cc1cc(C)cc(CCc2ccc(C(=O)O)cc2S(=O)(=O)N2CCN(C(=O)OC(C)(C)C)CC2)c1. The molecule has 0 unspecified atom stereocenters. The largest absolute Gasteiger partial charge is 0.478 e. The number of aryl methyl sites for hydroxylation is 4. The first-order valence-corrected chi connectivity index (χ1v) is 13.1. The standard InChI is InChI=1S/C26H34N2O6S/c1-18-14-19(2)16-20(15-18)6-7-21-8-9-22(24(29)30)17-23(21)35(32,33)28-12-10-27(11-13-28)25(31)34-26(3,4)5/h8-9,14-17H,6-7,10-13H2,1-5H3,(H,29,30). The molecule has 2 aromatic rings. The second-order valence-electron chi connectivity index (χ2n) is 10.00. The molecule has 1 aliphatic rings. The number of rotatable bonds is 6. The zero-order valence-electron chi connectivity index (χ0n) is 21.0. The van der Waals surface area contributed by atoms with E-state index in [4.69, 9.17) is 4.74 Å². The van der Waals surface area contributed by atoms with Crippen LogP contribution in [0.1, 0.15) is 53.4 Å². The molecular formula is C26H34N2O6S. The number of aromatic carboxylic acids is 1. The molecule has 1 N–H and O–H groups in total. The summed E-state index contributed by atoms with van der Waals surface area (Å²) in [7, 11) is -3.96. The molecule has 0 aromatic heterocycles. The van der Waals surface area contributed by atoms with Crippen LogP contribution < -0.4 is 0 Å². The van der Waals surface area contributed by atoms with Crippen molar-refractivity contribution in [1.29, 1.82) is 0 Å². The van der Waals surface area contributed by atoms with E-state index in [9.17, 15) is 23.1 Å². The Morgan fingerprint density at radius 3 is 2.09 bits per heavy atom. The minimum atomic E-state index is -3.96. The molecule has 1 fully saturated rings. The zero-order chi connectivity index (χ0) is 26.0. The fourth-order valence-corrected chi connectivity index (χ4v) is 5.90. The predicted molar refractivity (Wildman–Crippen MR) is 133 cm³/mol. The highest BCUT2D eigenvalue weighted by Crippen LogP contribution is 2.25. The zero-order valence-corrected chi connectivity index (χ0v) is 21.8. The summed E-state index contributed by atoms with van der Waals surface area (Å²) in [5.74, 6) is -1.18. The Kier molecular flexibility index (Phi) is 7.91. The van der Waals surface area contributed by atoms with Crippen LogP contribution in [-0.2, 0) is 27.6 Å². The number of hydrogen-bond donors (Lipinski definition) is 1. The fraction of sp³-hybridized carbons (Fsp3) is 0.462. The molecule has 3 rings (SSSR count). The lowest BCUT2D eigenvalue weighted by molar-refractivity contribution is 0.0192. The van der Waals surface area contributed by atoms with E-state index in [1.54, 1.807) is 26.8 Å². The maximum atomic E-state index is 13.6. The van der Waals surface area contributed by atoms with Gasteiger partial charge in [0.25, 0.3) is 0 Å². The Morgan fingerprint density at radius 2 is 1.54 bits per heavy atom. The van der Waals surface area contributed by atoms with Gasteiger partial charge in [0.05, 0.1) is 10.5 Å². The molecule has 9 heteroatoms. The van der Waals surface area contributed by atoms with Crippen LogP contribution in [0, 0.1) is 13.8 Å². The summed E-state index contributed by atoms with van der Waals surface area (Å²) in [5.41, 5.74) is 3.23. The van der Waals surface area contributed by atoms with Crippen molar-refractivity contribution in [2.45, 2.75) is 58.0 Å². The van der Waals surface area contributed by atoms with Crippen molar-refractivity contribution in [2.75, 3.05) is 26.2 Å². The number of sulfonamides is 1. The molecule has 0 spiro atoms. The van der Waals surface area contributed by atoms with Gasteiger partial charge in [0.2, 0.25) is 10.0 Å². The fourth-order valence-electron chi connectivity index (χ4n) is 4.20. The molecule has 8 nitrogen and oxygen atoms in total. The van der Waals surface area contributed by atoms with Crippen molar-refractivity contribution in [1.82, 2.24) is 9.21 Å². The highest BCUT2D eigenvalue weighted by atomic mass is 32.2. The number of hydrogen-bond acceptors (Lipinski definition) is 5. The molecule has 35 heavy (non-hydrogen) atoms. The van der Waals surface area contributed by atoms with Gasteiger partial charge in [-0.3, -0.25) is 0 Å². The minimum Gasteiger partial charge on any atom is -0.478 e. The molecule has 2 aromatic carbocycles. The highest BCUT2D eigenvalue weighted by Gasteiger charge is 2.33. The average Bonchev–Trinajstić information content (AvgIpc) is 2.75. The predicted octanol–water partition coefficient (Wildman–Crippen LogP) is 4.03. The van der Waals surface area contributed by atoms with Crippen LogP contribution in [0.3, 0.4) is 0 Å². The number of piperazine rings is 1. The van der Waals surface area contributed by atoms with Crippen LogP contribution in [-0.4, -0.2) is 66.6 Å². The summed E-state index contributed by atoms with van der Waals surface area (Å²) >= 11 is 0. The van der Waals surface area contributed by atoms with Crippen LogP contribution in [0.25, 0.3) is 0 Å². The van der Waals surface area contributed by atoms with Gasteiger partial charge in [0.1, 0.15) is 5.60 Å². The molecule has 0 aliphatic carbocycles. The smallest absolute Gasteiger partial charge is 0.410 e. The molecule has 1 amide bonds. The Morgan fingerprint density at radius 1 is 0.943 bits per heavy atom. The van der Waals surface area contributed by atoms with Crippen molar-refractivity contribution < 1.29 is 27.9 Å². The van der Waals surface area contributed by atoms with Gasteiger partial charge in [-0.2, -0.15) is 4.31 Å². The summed E-state index contributed by atoms with van der Waals surface area (Å²) in [6.45, 7) is 9.98. The van der Waals surface area contributed by atoms with Gasteiger partial charge < -0.3 is 14.7 Å². The van der Waals surface area contributed by atoms with Crippen molar-refractivity contribution in [3.8, 4) is 0 Å². The van der Waals surface area contributed by atoms with E-state index in [0.29, 0.717) is 18.4 Å². The van der Waals surface area contributed by atoms with Gasteiger partial charge in [0.15, 0.2) is 0 Å². The summed E-state index contributed by atoms with van der Waals surface area (Å²) < 4.78 is 33.9. The number of benzene rings is 2. The van der Waals surface area contributed by atoms with E-state index in [-0.39, 0.29) is 36.6 Å². The lowest BCUT2D eigenvalue weighted by Crippen LogP contribution is -2.51. The Hall–Kier alpha value is -2.91. The van der Waals surface area contributed by atoms with E-state index >= 15 is 0 Å². The van der Waals surface area contributed by atoms with Crippen LogP contribution in [0.4, 0.5) is 4.79 Å². The van der Waals surface area contributed by atoms with E-state index in [1.807, 2.05) is 13.8 Å². The molecule has 190 valence electrons. The molecule has 0 saturated carbocycles. The first-order valence-electron chi connectivity index (χ1n) is 11.7. The lowest BCUT2D eigenvalue weighted by Gasteiger charge is -2.35. The Balaban J connectivity index is 1.83. The topological polar surface area (TPSA) is 104 Å². The second kappa shape index (κ2) is 10.4. The number of carboxylic acids is 1. The van der Waals surface area contributed by atoms with Crippen LogP contribution in [0.2, 0.25) is 0 Å². The van der Waals surface area contributed by atoms with E-state index in [2.05, 4.69) is 18.2 Å². The van der Waals surface area contributed by atoms with Gasteiger partial charge >= 0.3 is 12.1 Å². The molecular weight excluding hydrogens is 468 g/mol. The third kappa shape index (κ3) is 6.82. The molecule has 0 radical (unpaired) electrons. The van der Waals surface area contributed by atoms with Crippen molar-refractivity contribution in [2.24, 2.45) is 0 Å². The van der Waals surface area contributed by atoms with E-state index < -0.39 is 27.7 Å². The van der Waals surface area contributed by atoms with Crippen LogP contribution >= 0.6 is 0 Å². The van der Waals surface area contributed by atoms with Gasteiger partial charge in [-0.1, -0.05) is 35.4 Å². The quantitative estimate of drug-likeness (QED) is 0.640. The maximum absolute atomic E-state index is 13.6. The third-order valence-electron chi connectivity index (χ3n) is 5.79. The normalized spacial score (nSPS) is 15.2. The van der Waals surface area contributed by atoms with Crippen molar-refractivity contribution >= 4 is 22.1 Å². The van der Waals surface area contributed by atoms with Gasteiger partial charge in [-0.25, -0.2) is 18.0 Å². The average molecular weight is 503 g/mol. The molecule has 0 atom stereocenters. The number of carbonyl (C=O) groups excluding carboxylic acids is 1. The van der Waals surface area contributed by atoms with Crippen molar-refractivity contribution in [3.05, 3.63) is 64.2 Å². The first kappa shape index (κ1) is 26.7. The van der Waals surface area contributed by atoms with Crippen LogP contribution in [0.5, 0.6) is 0 Å². The molecule has 0 bridgehead atoms. The second-order valence-corrected chi connectivity index (χ2v) is 11.9. The van der Waals surface area contributed by atoms with Gasteiger partial charge in [-0.15, -0.1) is 0 Å². The third-order valence-corrected chi connectivity index (χ3v) is 7.77. The maximum Gasteiger partial charge on any atom is 0.410 e. The molecule has 1 saturated heterocycles. The summed E-state index contributed by atoms with van der Waals surface area (Å²) in [5, 5.41) is 9.47. The summed E-state index contributed by atoms with van der Waals surface area (Å²) in [6.07, 6.45) is 0.607. The number of carboxylic acid groups (broad SMARTS) is 1. The minimum absolute atomic E-state index is 0.00694. The molecule has 1 heterocycles. The number of nitrogens with zero attached hydrogens (tertiary/aromatic N) is 2. The molecule has 1 aliphatic heterocycles. The van der Waals surface area contributed by atoms with Gasteiger partial charge in [-0.05, 0) is 70.7 Å². The Labute approximate surface area is 207 Å². The highest BCUT2D eigenvalue weighted by molar-refractivity contribution is 7.89.